The van der Waals surface area contributed by atoms with Gasteiger partial charge in [-0.3, -0.25) is 0 Å². The minimum absolute atomic E-state index is 0. The van der Waals surface area contributed by atoms with E-state index >= 15 is 0 Å². The molecule has 0 aromatic rings. The molecule has 5 heavy (non-hydrogen) atoms. The van der Waals surface area contributed by atoms with Crippen molar-refractivity contribution >= 4 is 7.32 Å². The van der Waals surface area contributed by atoms with E-state index in [1.807, 2.05) is 0 Å². The molecule has 0 aliphatic rings. The fourth-order valence-corrected chi connectivity index (χ4v) is 0. The minimum atomic E-state index is -2.67. The van der Waals surface area contributed by atoms with Crippen LogP contribution in [-0.4, -0.2) is 12.3 Å². The van der Waals surface area contributed by atoms with Gasteiger partial charge in [-0.15, -0.1) is 0 Å². The van der Waals surface area contributed by atoms with Gasteiger partial charge in [0.15, 0.2) is 0 Å². The van der Waals surface area contributed by atoms with Crippen molar-refractivity contribution in [1.29, 1.82) is 0 Å². The van der Waals surface area contributed by atoms with Crippen LogP contribution in [0.2, 0.25) is 0 Å². The van der Waals surface area contributed by atoms with E-state index in [0.29, 0.717) is 0 Å². The third-order valence-electron chi connectivity index (χ3n) is 0. The van der Waals surface area contributed by atoms with Crippen molar-refractivity contribution in [1.82, 2.24) is 0 Å². The van der Waals surface area contributed by atoms with Crippen molar-refractivity contribution in [3.8, 4) is 0 Å². The Morgan fingerprint density at radius 2 is 1.40 bits per heavy atom. The summed E-state index contributed by atoms with van der Waals surface area (Å²) in [7, 11) is -2.67. The van der Waals surface area contributed by atoms with Gasteiger partial charge in [0.2, 0.25) is 0 Å². The Morgan fingerprint density at radius 3 is 1.40 bits per heavy atom. The molecule has 0 rings (SSSR count). The first-order valence-electron chi connectivity index (χ1n) is 0.730. The predicted molar refractivity (Wildman–Crippen MR) is 7.97 cm³/mol. The molecule has 0 saturated carbocycles. The van der Waals surface area contributed by atoms with Gasteiger partial charge in [-0.1, -0.05) is 0 Å². The van der Waals surface area contributed by atoms with Crippen molar-refractivity contribution in [3.63, 3.8) is 0 Å². The molecule has 5 heteroatoms. The molecule has 0 unspecified atom stereocenters. The van der Waals surface area contributed by atoms with E-state index in [9.17, 15) is 0 Å². The summed E-state index contributed by atoms with van der Waals surface area (Å²) in [6.45, 7) is 0. The smallest absolute Gasteiger partial charge is 0.871 e. The average molecular weight is 168 g/mol. The molecule has 3 nitrogen and oxygen atoms in total. The fourth-order valence-electron chi connectivity index (χ4n) is 0. The van der Waals surface area contributed by atoms with Crippen molar-refractivity contribution < 1.29 is 37.5 Å². The SMILES string of the molecule is [Ag+2].[O-]B([O-])O. The van der Waals surface area contributed by atoms with Gasteiger partial charge in [-0.25, -0.2) is 0 Å². The van der Waals surface area contributed by atoms with Crippen LogP contribution >= 0.6 is 0 Å². The van der Waals surface area contributed by atoms with Crippen molar-refractivity contribution in [2.45, 2.75) is 0 Å². The first kappa shape index (κ1) is 9.19. The number of hydrogen-bond donors (Lipinski definition) is 1. The zero-order chi connectivity index (χ0) is 3.58. The van der Waals surface area contributed by atoms with Gasteiger partial charge in [-0.05, 0) is 0 Å². The fraction of sp³-hybridized carbons (Fsp3) is 0. The van der Waals surface area contributed by atoms with Crippen LogP contribution in [0.5, 0.6) is 0 Å². The van der Waals surface area contributed by atoms with Gasteiger partial charge in [0, 0.05) is 0 Å². The second-order valence-corrected chi connectivity index (χ2v) is 0.307. The standard InChI is InChI=1S/Ag.BHO3/c;2-1(3)4/h;2H/q+2;-2. The summed E-state index contributed by atoms with van der Waals surface area (Å²) in [6.07, 6.45) is 0. The molecule has 33 valence electrons. The molecule has 0 aliphatic carbocycles. The van der Waals surface area contributed by atoms with Crippen LogP contribution in [0.3, 0.4) is 0 Å². The normalized spacial score (nSPS) is 5.40. The Kier molecular flexibility index (Phi) is 8.61. The zero-order valence-corrected chi connectivity index (χ0v) is 3.62. The number of rotatable bonds is 0. The average Bonchev–Trinajstić information content (AvgIpc) is 0.811. The van der Waals surface area contributed by atoms with E-state index in [1.54, 1.807) is 0 Å². The minimum Gasteiger partial charge on any atom is -0.871 e. The van der Waals surface area contributed by atoms with Crippen LogP contribution in [0.15, 0.2) is 0 Å². The van der Waals surface area contributed by atoms with Gasteiger partial charge in [0.25, 0.3) is 0 Å². The molecule has 0 saturated heterocycles. The summed E-state index contributed by atoms with van der Waals surface area (Å²) >= 11 is 0. The summed E-state index contributed by atoms with van der Waals surface area (Å²) in [5.41, 5.74) is 0. The van der Waals surface area contributed by atoms with Gasteiger partial charge in [0.1, 0.15) is 0 Å². The molecule has 1 radical (unpaired) electrons. The molecule has 0 heterocycles. The Hall–Kier alpha value is 0.685. The Morgan fingerprint density at radius 1 is 1.40 bits per heavy atom. The van der Waals surface area contributed by atoms with Gasteiger partial charge < -0.3 is 15.1 Å². The Balaban J connectivity index is 0. The third-order valence-corrected chi connectivity index (χ3v) is 0. The largest absolute Gasteiger partial charge is 2.00 e. The van der Waals surface area contributed by atoms with Crippen molar-refractivity contribution in [3.05, 3.63) is 0 Å². The molecule has 0 aliphatic heterocycles. The summed E-state index contributed by atoms with van der Waals surface area (Å²) in [6, 6.07) is 0. The maximum atomic E-state index is 8.53. The van der Waals surface area contributed by atoms with E-state index in [-0.39, 0.29) is 22.4 Å². The van der Waals surface area contributed by atoms with Crippen LogP contribution in [0.25, 0.3) is 0 Å². The zero-order valence-electron chi connectivity index (χ0n) is 2.14. The number of hydrogen-bond acceptors (Lipinski definition) is 3. The van der Waals surface area contributed by atoms with E-state index in [1.165, 1.54) is 0 Å². The maximum Gasteiger partial charge on any atom is 2.00 e. The summed E-state index contributed by atoms with van der Waals surface area (Å²) in [5, 5.41) is 24.0. The van der Waals surface area contributed by atoms with Gasteiger partial charge in [0.05, 0.1) is 7.32 Å². The Labute approximate surface area is 45.3 Å². The van der Waals surface area contributed by atoms with Crippen LogP contribution in [0.4, 0.5) is 0 Å². The Bertz CT molecular complexity index is 11.6. The summed E-state index contributed by atoms with van der Waals surface area (Å²) in [5.74, 6) is 0. The molecular weight excluding hydrogens is 167 g/mol. The molecule has 0 amide bonds. The summed E-state index contributed by atoms with van der Waals surface area (Å²) in [4.78, 5) is 0. The molecular formula is HAgBO3. The molecule has 0 spiro atoms. The molecule has 0 fully saturated rings. The second kappa shape index (κ2) is 4.69. The molecule has 0 bridgehead atoms. The molecule has 1 N–H and O–H groups in total. The maximum absolute atomic E-state index is 8.53. The van der Waals surface area contributed by atoms with Crippen LogP contribution in [0.1, 0.15) is 0 Å². The quantitative estimate of drug-likeness (QED) is 0.384. The van der Waals surface area contributed by atoms with E-state index in [4.69, 9.17) is 15.1 Å². The third kappa shape index (κ3) is 72.0. The predicted octanol–water partition coefficient (Wildman–Crippen LogP) is -3.32. The first-order valence-corrected chi connectivity index (χ1v) is 0.730. The van der Waals surface area contributed by atoms with Gasteiger partial charge in [-0.2, -0.15) is 0 Å². The first-order chi connectivity index (χ1) is 1.73. The van der Waals surface area contributed by atoms with Gasteiger partial charge >= 0.3 is 22.4 Å². The monoisotopic (exact) mass is 167 g/mol. The topological polar surface area (TPSA) is 66.3 Å². The van der Waals surface area contributed by atoms with E-state index in [2.05, 4.69) is 0 Å². The molecule has 0 aromatic heterocycles. The molecule has 0 aromatic carbocycles. The van der Waals surface area contributed by atoms with Crippen molar-refractivity contribution in [2.24, 2.45) is 0 Å². The molecule has 0 atom stereocenters. The van der Waals surface area contributed by atoms with Crippen LogP contribution in [0, 0.1) is 0 Å². The second-order valence-electron chi connectivity index (χ2n) is 0.307. The summed E-state index contributed by atoms with van der Waals surface area (Å²) < 4.78 is 0. The van der Waals surface area contributed by atoms with E-state index < -0.39 is 7.32 Å². The van der Waals surface area contributed by atoms with Crippen LogP contribution < -0.4 is 10.0 Å². The van der Waals surface area contributed by atoms with Crippen LogP contribution in [-0.2, 0) is 22.4 Å². The van der Waals surface area contributed by atoms with E-state index in [0.717, 1.165) is 0 Å². The van der Waals surface area contributed by atoms with Crippen molar-refractivity contribution in [2.75, 3.05) is 0 Å².